The van der Waals surface area contributed by atoms with Crippen molar-refractivity contribution in [2.24, 2.45) is 11.8 Å². The Balaban J connectivity index is 1.99. The van der Waals surface area contributed by atoms with E-state index in [1.165, 1.54) is 17.8 Å². The van der Waals surface area contributed by atoms with E-state index in [9.17, 15) is 13.2 Å². The predicted octanol–water partition coefficient (Wildman–Crippen LogP) is 5.69. The van der Waals surface area contributed by atoms with Crippen LogP contribution in [-0.4, -0.2) is 37.8 Å². The molecule has 0 aromatic heterocycles. The number of piperidine rings is 1. The lowest BCUT2D eigenvalue weighted by Gasteiger charge is -2.34. The highest BCUT2D eigenvalue weighted by Gasteiger charge is 2.32. The van der Waals surface area contributed by atoms with Gasteiger partial charge in [0.2, 0.25) is 10.0 Å². The van der Waals surface area contributed by atoms with Crippen molar-refractivity contribution in [1.82, 2.24) is 9.62 Å². The molecule has 0 radical (unpaired) electrons. The van der Waals surface area contributed by atoms with Crippen molar-refractivity contribution in [3.8, 4) is 0 Å². The molecule has 0 aliphatic carbocycles. The van der Waals surface area contributed by atoms with Crippen molar-refractivity contribution in [2.45, 2.75) is 61.3 Å². The number of nitrogens with zero attached hydrogens (tertiary/aromatic N) is 1. The maximum absolute atomic E-state index is 13.4. The lowest BCUT2D eigenvalue weighted by atomic mass is 9.94. The Kier molecular flexibility index (Phi) is 8.31. The number of carbonyl (C=O) groups is 1. The van der Waals surface area contributed by atoms with Gasteiger partial charge in [-0.1, -0.05) is 50.2 Å². The highest BCUT2D eigenvalue weighted by atomic mass is 35.5. The molecular weight excluding hydrogens is 464 g/mol. The molecule has 1 aliphatic rings. The highest BCUT2D eigenvalue weighted by molar-refractivity contribution is 7.99. The van der Waals surface area contributed by atoms with E-state index in [-0.39, 0.29) is 16.8 Å². The monoisotopic (exact) mass is 494 g/mol. The van der Waals surface area contributed by atoms with Gasteiger partial charge in [0.1, 0.15) is 0 Å². The summed E-state index contributed by atoms with van der Waals surface area (Å²) in [5, 5.41) is 3.57. The van der Waals surface area contributed by atoms with Crippen molar-refractivity contribution < 1.29 is 13.2 Å². The standard InChI is InChI=1S/C24H31ClN2O3S2/c1-5-18(4)26-24(28)22-13-21(32(29,30)27-14-16(2)11-17(3)15-27)9-10-23(22)31-20-8-6-7-19(25)12-20/h6-10,12-13,16-18H,5,11,14-15H2,1-4H3,(H,26,28)/t16-,17-,18+/m1/s1. The van der Waals surface area contributed by atoms with Crippen LogP contribution in [0.25, 0.3) is 0 Å². The number of rotatable bonds is 7. The number of amides is 1. The van der Waals surface area contributed by atoms with Gasteiger partial charge in [0, 0.05) is 33.9 Å². The Hall–Kier alpha value is -1.54. The molecule has 1 N–H and O–H groups in total. The van der Waals surface area contributed by atoms with Crippen LogP contribution in [0, 0.1) is 11.8 Å². The molecule has 0 bridgehead atoms. The first-order chi connectivity index (χ1) is 15.1. The molecule has 32 heavy (non-hydrogen) atoms. The second kappa shape index (κ2) is 10.6. The zero-order valence-electron chi connectivity index (χ0n) is 19.0. The van der Waals surface area contributed by atoms with E-state index in [2.05, 4.69) is 19.2 Å². The Morgan fingerprint density at radius 2 is 1.88 bits per heavy atom. The van der Waals surface area contributed by atoms with Crippen molar-refractivity contribution in [3.05, 3.63) is 53.1 Å². The Morgan fingerprint density at radius 1 is 1.19 bits per heavy atom. The maximum atomic E-state index is 13.4. The topological polar surface area (TPSA) is 66.5 Å². The normalized spacial score (nSPS) is 20.7. The molecule has 1 amide bonds. The molecule has 0 spiro atoms. The third-order valence-electron chi connectivity index (χ3n) is 5.68. The lowest BCUT2D eigenvalue weighted by molar-refractivity contribution is 0.0936. The quantitative estimate of drug-likeness (QED) is 0.537. The largest absolute Gasteiger partial charge is 0.350 e. The Morgan fingerprint density at radius 3 is 2.50 bits per heavy atom. The van der Waals surface area contributed by atoms with Crippen molar-refractivity contribution in [3.63, 3.8) is 0 Å². The van der Waals surface area contributed by atoms with Crippen LogP contribution >= 0.6 is 23.4 Å². The summed E-state index contributed by atoms with van der Waals surface area (Å²) in [4.78, 5) is 14.8. The van der Waals surface area contributed by atoms with Gasteiger partial charge in [-0.25, -0.2) is 8.42 Å². The first-order valence-corrected chi connectivity index (χ1v) is 13.6. The van der Waals surface area contributed by atoms with Crippen molar-refractivity contribution >= 4 is 39.3 Å². The van der Waals surface area contributed by atoms with Crippen LogP contribution in [0.1, 0.15) is 50.9 Å². The van der Waals surface area contributed by atoms with Gasteiger partial charge in [-0.05, 0) is 68.0 Å². The number of halogens is 1. The molecule has 174 valence electrons. The van der Waals surface area contributed by atoms with Gasteiger partial charge in [-0.3, -0.25) is 4.79 Å². The SMILES string of the molecule is CC[C@H](C)NC(=O)c1cc(S(=O)(=O)N2C[C@H](C)C[C@@H](C)C2)ccc1Sc1cccc(Cl)c1. The van der Waals surface area contributed by atoms with Crippen molar-refractivity contribution in [2.75, 3.05) is 13.1 Å². The van der Waals surface area contributed by atoms with Gasteiger partial charge >= 0.3 is 0 Å². The molecule has 2 aromatic carbocycles. The fraction of sp³-hybridized carbons (Fsp3) is 0.458. The number of benzene rings is 2. The summed E-state index contributed by atoms with van der Waals surface area (Å²) in [6.07, 6.45) is 1.80. The van der Waals surface area contributed by atoms with E-state index in [0.29, 0.717) is 40.4 Å². The van der Waals surface area contributed by atoms with Gasteiger partial charge in [0.05, 0.1) is 10.5 Å². The Labute approximate surface area is 201 Å². The van der Waals surface area contributed by atoms with Gasteiger partial charge in [-0.2, -0.15) is 4.31 Å². The van der Waals surface area contributed by atoms with Gasteiger partial charge in [-0.15, -0.1) is 0 Å². The van der Waals surface area contributed by atoms with Gasteiger partial charge < -0.3 is 5.32 Å². The van der Waals surface area contributed by atoms with Crippen LogP contribution in [0.4, 0.5) is 0 Å². The van der Waals surface area contributed by atoms with Crippen LogP contribution in [0.2, 0.25) is 5.02 Å². The van der Waals surface area contributed by atoms with Crippen LogP contribution in [0.5, 0.6) is 0 Å². The first-order valence-electron chi connectivity index (χ1n) is 11.0. The predicted molar refractivity (Wildman–Crippen MR) is 131 cm³/mol. The fourth-order valence-electron chi connectivity index (χ4n) is 3.95. The highest BCUT2D eigenvalue weighted by Crippen LogP contribution is 2.34. The summed E-state index contributed by atoms with van der Waals surface area (Å²) in [6, 6.07) is 12.2. The summed E-state index contributed by atoms with van der Waals surface area (Å²) in [5.41, 5.74) is 0.356. The van der Waals surface area contributed by atoms with Gasteiger partial charge in [0.15, 0.2) is 0 Å². The molecule has 0 unspecified atom stereocenters. The molecule has 3 rings (SSSR count). The van der Waals surface area contributed by atoms with E-state index >= 15 is 0 Å². The molecule has 8 heteroatoms. The average Bonchev–Trinajstić information content (AvgIpc) is 2.73. The molecule has 1 aliphatic heterocycles. The molecule has 1 saturated heterocycles. The van der Waals surface area contributed by atoms with E-state index in [4.69, 9.17) is 11.6 Å². The van der Waals surface area contributed by atoms with Crippen LogP contribution in [0.15, 0.2) is 57.2 Å². The summed E-state index contributed by atoms with van der Waals surface area (Å²) in [7, 11) is -3.69. The lowest BCUT2D eigenvalue weighted by Crippen LogP contribution is -2.42. The minimum absolute atomic E-state index is 0.0180. The molecule has 3 atom stereocenters. The number of hydrogen-bond donors (Lipinski definition) is 1. The zero-order valence-corrected chi connectivity index (χ0v) is 21.4. The summed E-state index contributed by atoms with van der Waals surface area (Å²) < 4.78 is 28.4. The third-order valence-corrected chi connectivity index (χ3v) is 8.81. The number of carbonyl (C=O) groups excluding carboxylic acids is 1. The molecule has 5 nitrogen and oxygen atoms in total. The minimum Gasteiger partial charge on any atom is -0.350 e. The number of hydrogen-bond acceptors (Lipinski definition) is 4. The summed E-state index contributed by atoms with van der Waals surface area (Å²) >= 11 is 7.51. The minimum atomic E-state index is -3.69. The maximum Gasteiger partial charge on any atom is 0.252 e. The Bertz CT molecular complexity index is 1060. The van der Waals surface area contributed by atoms with E-state index in [1.807, 2.05) is 32.0 Å². The molecule has 1 fully saturated rings. The number of sulfonamides is 1. The van der Waals surface area contributed by atoms with Crippen molar-refractivity contribution in [1.29, 1.82) is 0 Å². The first kappa shape index (κ1) is 25.1. The van der Waals surface area contributed by atoms with E-state index in [0.717, 1.165) is 17.7 Å². The molecule has 2 aromatic rings. The van der Waals surface area contributed by atoms with Crippen LogP contribution < -0.4 is 5.32 Å². The van der Waals surface area contributed by atoms with E-state index in [1.54, 1.807) is 22.5 Å². The summed E-state index contributed by atoms with van der Waals surface area (Å²) in [5.74, 6) is 0.333. The van der Waals surface area contributed by atoms with E-state index < -0.39 is 10.0 Å². The summed E-state index contributed by atoms with van der Waals surface area (Å²) in [6.45, 7) is 9.08. The zero-order chi connectivity index (χ0) is 23.5. The molecule has 0 saturated carbocycles. The molecular formula is C24H31ClN2O3S2. The molecule has 1 heterocycles. The van der Waals surface area contributed by atoms with Crippen LogP contribution in [-0.2, 0) is 10.0 Å². The fourth-order valence-corrected chi connectivity index (χ4v) is 6.89. The van der Waals surface area contributed by atoms with Gasteiger partial charge in [0.25, 0.3) is 5.91 Å². The second-order valence-corrected chi connectivity index (χ2v) is 12.3. The number of nitrogens with one attached hydrogen (secondary N) is 1. The average molecular weight is 495 g/mol. The van der Waals surface area contributed by atoms with Crippen LogP contribution in [0.3, 0.4) is 0 Å². The third kappa shape index (κ3) is 6.07. The second-order valence-electron chi connectivity index (χ2n) is 8.77. The smallest absolute Gasteiger partial charge is 0.252 e.